The highest BCUT2D eigenvalue weighted by molar-refractivity contribution is 9.10. The van der Waals surface area contributed by atoms with Crippen molar-refractivity contribution in [3.63, 3.8) is 0 Å². The summed E-state index contributed by atoms with van der Waals surface area (Å²) >= 11 is 3.17. The van der Waals surface area contributed by atoms with E-state index < -0.39 is 21.8 Å². The molecule has 23 heavy (non-hydrogen) atoms. The maximum absolute atomic E-state index is 12.8. The summed E-state index contributed by atoms with van der Waals surface area (Å²) in [7, 11) is -3.95. The Morgan fingerprint density at radius 3 is 2.26 bits per heavy atom. The van der Waals surface area contributed by atoms with Gasteiger partial charge in [-0.1, -0.05) is 34.1 Å². The molecular formula is C14H10BrF3N2O2S. The zero-order chi connectivity index (χ0) is 17.1. The largest absolute Gasteiger partial charge is 0.417 e. The quantitative estimate of drug-likeness (QED) is 0.620. The van der Waals surface area contributed by atoms with Crippen molar-refractivity contribution in [2.75, 3.05) is 0 Å². The highest BCUT2D eigenvalue weighted by atomic mass is 79.9. The molecule has 0 saturated heterocycles. The lowest BCUT2D eigenvalue weighted by Gasteiger charge is -2.09. The van der Waals surface area contributed by atoms with E-state index in [9.17, 15) is 21.6 Å². The van der Waals surface area contributed by atoms with Crippen LogP contribution in [-0.4, -0.2) is 14.6 Å². The second kappa shape index (κ2) is 6.71. The van der Waals surface area contributed by atoms with Crippen molar-refractivity contribution in [2.45, 2.75) is 11.1 Å². The van der Waals surface area contributed by atoms with Gasteiger partial charge < -0.3 is 0 Å². The van der Waals surface area contributed by atoms with Gasteiger partial charge in [-0.2, -0.15) is 26.7 Å². The number of hydrazone groups is 1. The molecule has 0 aliphatic heterocycles. The summed E-state index contributed by atoms with van der Waals surface area (Å²) in [5, 5.41) is 3.41. The number of halogens is 4. The van der Waals surface area contributed by atoms with Gasteiger partial charge in [0, 0.05) is 10.0 Å². The molecule has 122 valence electrons. The van der Waals surface area contributed by atoms with Crippen LogP contribution in [0.3, 0.4) is 0 Å². The molecule has 0 atom stereocenters. The van der Waals surface area contributed by atoms with Gasteiger partial charge in [0.1, 0.15) is 0 Å². The van der Waals surface area contributed by atoms with E-state index in [2.05, 4.69) is 21.0 Å². The topological polar surface area (TPSA) is 58.5 Å². The number of hydrogen-bond acceptors (Lipinski definition) is 3. The third-order valence-corrected chi connectivity index (χ3v) is 4.53. The first-order valence-corrected chi connectivity index (χ1v) is 8.44. The van der Waals surface area contributed by atoms with Crippen molar-refractivity contribution in [1.29, 1.82) is 0 Å². The van der Waals surface area contributed by atoms with E-state index in [4.69, 9.17) is 0 Å². The van der Waals surface area contributed by atoms with Gasteiger partial charge in [0.25, 0.3) is 10.0 Å². The van der Waals surface area contributed by atoms with Gasteiger partial charge in [-0.15, -0.1) is 0 Å². The van der Waals surface area contributed by atoms with Gasteiger partial charge in [-0.3, -0.25) is 0 Å². The molecule has 2 aromatic rings. The van der Waals surface area contributed by atoms with Crippen LogP contribution >= 0.6 is 15.9 Å². The molecule has 0 bridgehead atoms. The van der Waals surface area contributed by atoms with Crippen LogP contribution in [0.5, 0.6) is 0 Å². The third kappa shape index (κ3) is 4.55. The summed E-state index contributed by atoms with van der Waals surface area (Å²) in [6.45, 7) is 0. The van der Waals surface area contributed by atoms with Gasteiger partial charge in [-0.25, -0.2) is 4.83 Å². The molecule has 0 amide bonds. The molecule has 0 aromatic heterocycles. The number of benzene rings is 2. The molecule has 2 rings (SSSR count). The van der Waals surface area contributed by atoms with E-state index >= 15 is 0 Å². The predicted molar refractivity (Wildman–Crippen MR) is 83.5 cm³/mol. The summed E-state index contributed by atoms with van der Waals surface area (Å²) in [4.78, 5) is 1.83. The van der Waals surface area contributed by atoms with Crippen LogP contribution in [0.2, 0.25) is 0 Å². The number of nitrogens with zero attached hydrogens (tertiary/aromatic N) is 1. The molecule has 1 N–H and O–H groups in total. The molecule has 2 aromatic carbocycles. The Hall–Kier alpha value is -1.87. The number of hydrogen-bond donors (Lipinski definition) is 1. The maximum Gasteiger partial charge on any atom is 0.417 e. The molecule has 0 fully saturated rings. The molecule has 0 aliphatic rings. The Kier molecular flexibility index (Phi) is 5.10. The van der Waals surface area contributed by atoms with Crippen molar-refractivity contribution in [3.8, 4) is 0 Å². The van der Waals surface area contributed by atoms with Crippen LogP contribution in [0, 0.1) is 0 Å². The molecule has 0 saturated carbocycles. The summed E-state index contributed by atoms with van der Waals surface area (Å²) in [5.41, 5.74) is -1.13. The summed E-state index contributed by atoms with van der Waals surface area (Å²) < 4.78 is 63.0. The molecule has 0 radical (unpaired) electrons. The normalized spacial score (nSPS) is 12.5. The highest BCUT2D eigenvalue weighted by Gasteiger charge is 2.32. The molecule has 0 unspecified atom stereocenters. The van der Waals surface area contributed by atoms with Crippen molar-refractivity contribution in [1.82, 2.24) is 4.83 Å². The van der Waals surface area contributed by atoms with E-state index in [0.717, 1.165) is 12.3 Å². The smallest absolute Gasteiger partial charge is 0.200 e. The molecule has 0 heterocycles. The van der Waals surface area contributed by atoms with Crippen LogP contribution in [-0.2, 0) is 16.2 Å². The lowest BCUT2D eigenvalue weighted by atomic mass is 10.1. The number of nitrogens with one attached hydrogen (secondary N) is 1. The lowest BCUT2D eigenvalue weighted by molar-refractivity contribution is -0.137. The second-order valence-corrected chi connectivity index (χ2v) is 6.97. The Labute approximate surface area is 139 Å². The third-order valence-electron chi connectivity index (χ3n) is 2.77. The van der Waals surface area contributed by atoms with Crippen molar-refractivity contribution in [3.05, 3.63) is 64.1 Å². The van der Waals surface area contributed by atoms with Crippen LogP contribution in [0.15, 0.2) is 63.0 Å². The Morgan fingerprint density at radius 2 is 1.65 bits per heavy atom. The average molecular weight is 407 g/mol. The van der Waals surface area contributed by atoms with E-state index in [1.54, 1.807) is 0 Å². The minimum Gasteiger partial charge on any atom is -0.200 e. The Morgan fingerprint density at radius 1 is 1.04 bits per heavy atom. The molecule has 0 aliphatic carbocycles. The SMILES string of the molecule is O=S(=O)(N/N=C/c1ccccc1C(F)(F)F)c1ccc(Br)cc1. The molecule has 9 heteroatoms. The first-order chi connectivity index (χ1) is 10.7. The fourth-order valence-corrected chi connectivity index (χ4v) is 2.76. The van der Waals surface area contributed by atoms with Crippen molar-refractivity contribution >= 4 is 32.2 Å². The second-order valence-electron chi connectivity index (χ2n) is 4.39. The van der Waals surface area contributed by atoms with E-state index in [1.165, 1.54) is 42.5 Å². The van der Waals surface area contributed by atoms with Crippen molar-refractivity contribution in [2.24, 2.45) is 5.10 Å². The average Bonchev–Trinajstić information content (AvgIpc) is 2.47. The first-order valence-electron chi connectivity index (χ1n) is 6.17. The minimum atomic E-state index is -4.55. The highest BCUT2D eigenvalue weighted by Crippen LogP contribution is 2.31. The van der Waals surface area contributed by atoms with Crippen LogP contribution in [0.25, 0.3) is 0 Å². The van der Waals surface area contributed by atoms with Gasteiger partial charge in [0.15, 0.2) is 0 Å². The number of rotatable bonds is 4. The maximum atomic E-state index is 12.8. The van der Waals surface area contributed by atoms with E-state index in [0.29, 0.717) is 4.47 Å². The standard InChI is InChI=1S/C14H10BrF3N2O2S/c15-11-5-7-12(8-6-11)23(21,22)20-19-9-10-3-1-2-4-13(10)14(16,17)18/h1-9,20H/b19-9+. The van der Waals surface area contributed by atoms with Gasteiger partial charge >= 0.3 is 6.18 Å². The zero-order valence-corrected chi connectivity index (χ0v) is 13.8. The van der Waals surface area contributed by atoms with Crippen LogP contribution in [0.4, 0.5) is 13.2 Å². The summed E-state index contributed by atoms with van der Waals surface area (Å²) in [6.07, 6.45) is -3.73. The van der Waals surface area contributed by atoms with E-state index in [-0.39, 0.29) is 10.5 Å². The van der Waals surface area contributed by atoms with Crippen LogP contribution in [0.1, 0.15) is 11.1 Å². The summed E-state index contributed by atoms with van der Waals surface area (Å²) in [5.74, 6) is 0. The number of sulfonamides is 1. The molecule has 0 spiro atoms. The van der Waals surface area contributed by atoms with Gasteiger partial charge in [-0.05, 0) is 30.3 Å². The fraction of sp³-hybridized carbons (Fsp3) is 0.0714. The predicted octanol–water partition coefficient (Wildman–Crippen LogP) is 3.78. The number of alkyl halides is 3. The fourth-order valence-electron chi connectivity index (χ4n) is 1.70. The van der Waals surface area contributed by atoms with Gasteiger partial charge in [0.2, 0.25) is 0 Å². The Balaban J connectivity index is 2.21. The van der Waals surface area contributed by atoms with E-state index in [1.807, 2.05) is 4.83 Å². The molecular weight excluding hydrogens is 397 g/mol. The monoisotopic (exact) mass is 406 g/mol. The summed E-state index contributed by atoms with van der Waals surface area (Å²) in [6, 6.07) is 10.5. The lowest BCUT2D eigenvalue weighted by Crippen LogP contribution is -2.18. The first kappa shape index (κ1) is 17.5. The minimum absolute atomic E-state index is 0.0537. The van der Waals surface area contributed by atoms with Crippen molar-refractivity contribution < 1.29 is 21.6 Å². The zero-order valence-electron chi connectivity index (χ0n) is 11.4. The van der Waals surface area contributed by atoms with Gasteiger partial charge in [0.05, 0.1) is 16.7 Å². The molecule has 4 nitrogen and oxygen atoms in total. The Bertz CT molecular complexity index is 819. The van der Waals surface area contributed by atoms with Crippen LogP contribution < -0.4 is 4.83 Å².